The highest BCUT2D eigenvalue weighted by molar-refractivity contribution is 7.07. The molecule has 1 aromatic heterocycles. The van der Waals surface area contributed by atoms with Crippen molar-refractivity contribution < 1.29 is 4.79 Å². The first-order chi connectivity index (χ1) is 22.4. The lowest BCUT2D eigenvalue weighted by Gasteiger charge is -2.39. The van der Waals surface area contributed by atoms with E-state index in [2.05, 4.69) is 35.2 Å². The molecule has 1 aliphatic rings. The van der Waals surface area contributed by atoms with E-state index in [0.717, 1.165) is 11.3 Å². The quantitative estimate of drug-likeness (QED) is 0.211. The number of nitriles is 1. The number of nitrogens with zero attached hydrogens (tertiary/aromatic N) is 4. The fraction of sp³-hybridized carbons (Fsp3) is 0.139. The summed E-state index contributed by atoms with van der Waals surface area (Å²) in [5, 5.41) is 11.4. The first-order valence-corrected chi connectivity index (χ1v) is 16.5. The third-order valence-electron chi connectivity index (χ3n) is 7.91. The smallest absolute Gasteiger partial charge is 0.273 e. The number of amides is 1. The van der Waals surface area contributed by atoms with Gasteiger partial charge in [0, 0.05) is 31.2 Å². The minimum Gasteiger partial charge on any atom is -0.335 e. The molecule has 1 aliphatic heterocycles. The van der Waals surface area contributed by atoms with Crippen molar-refractivity contribution in [1.82, 2.24) is 14.4 Å². The van der Waals surface area contributed by atoms with E-state index in [1.807, 2.05) is 42.5 Å². The standard InChI is InChI=1S/C36H27Cl3N4O2S/c37-29-14-8-7-13-26(29)21-32-35(45)43(27-15-16-30(38)31(39)22-27)36(46-32)28(23-40)34(44)42-19-17-41(18-20-42)33(24-9-3-1-4-10-24)25-11-5-2-6-12-25/h1-16,21-22,33H,17-20H2/b32-21-,36-28-. The molecule has 0 aliphatic carbocycles. The van der Waals surface area contributed by atoms with Crippen LogP contribution in [0.15, 0.2) is 108 Å². The summed E-state index contributed by atoms with van der Waals surface area (Å²) < 4.78 is 1.87. The van der Waals surface area contributed by atoms with E-state index in [4.69, 9.17) is 34.8 Å². The van der Waals surface area contributed by atoms with Crippen molar-refractivity contribution in [3.63, 3.8) is 0 Å². The number of rotatable bonds is 6. The second-order valence-electron chi connectivity index (χ2n) is 10.7. The molecule has 0 atom stereocenters. The minimum absolute atomic E-state index is 0.0269. The summed E-state index contributed by atoms with van der Waals surface area (Å²) in [6.07, 6.45) is 1.67. The first kappa shape index (κ1) is 31.8. The van der Waals surface area contributed by atoms with Gasteiger partial charge in [0.05, 0.1) is 26.3 Å². The molecule has 46 heavy (non-hydrogen) atoms. The number of hydrogen-bond donors (Lipinski definition) is 0. The predicted molar refractivity (Wildman–Crippen MR) is 186 cm³/mol. The maximum Gasteiger partial charge on any atom is 0.273 e. The summed E-state index contributed by atoms with van der Waals surface area (Å²) in [6.45, 7) is 2.05. The Hall–Kier alpha value is -4.16. The van der Waals surface area contributed by atoms with E-state index in [-0.39, 0.29) is 21.3 Å². The maximum atomic E-state index is 14.0. The first-order valence-electron chi connectivity index (χ1n) is 14.6. The van der Waals surface area contributed by atoms with Crippen LogP contribution in [-0.2, 0) is 4.79 Å². The molecule has 2 heterocycles. The van der Waals surface area contributed by atoms with Crippen LogP contribution in [0.3, 0.4) is 0 Å². The number of thiazole rings is 1. The molecule has 0 radical (unpaired) electrons. The van der Waals surface area contributed by atoms with Crippen LogP contribution in [0.25, 0.3) is 17.3 Å². The van der Waals surface area contributed by atoms with Gasteiger partial charge >= 0.3 is 0 Å². The number of carbonyl (C=O) groups excluding carboxylic acids is 1. The molecular weight excluding hydrogens is 659 g/mol. The Morgan fingerprint density at radius 2 is 1.39 bits per heavy atom. The number of piperazine rings is 1. The third-order valence-corrected chi connectivity index (χ3v) is 10.1. The molecule has 230 valence electrons. The Morgan fingerprint density at radius 1 is 0.783 bits per heavy atom. The van der Waals surface area contributed by atoms with E-state index < -0.39 is 11.5 Å². The second-order valence-corrected chi connectivity index (χ2v) is 13.0. The molecule has 0 bridgehead atoms. The van der Waals surface area contributed by atoms with Crippen LogP contribution in [0.2, 0.25) is 15.1 Å². The van der Waals surface area contributed by atoms with Crippen molar-refractivity contribution in [3.8, 4) is 11.8 Å². The molecule has 0 unspecified atom stereocenters. The summed E-state index contributed by atoms with van der Waals surface area (Å²) in [5.41, 5.74) is 2.85. The lowest BCUT2D eigenvalue weighted by Crippen LogP contribution is -2.50. The van der Waals surface area contributed by atoms with Crippen molar-refractivity contribution >= 4 is 63.7 Å². The van der Waals surface area contributed by atoms with Crippen LogP contribution in [0.1, 0.15) is 22.7 Å². The van der Waals surface area contributed by atoms with Gasteiger partial charge in [-0.3, -0.25) is 19.1 Å². The maximum absolute atomic E-state index is 14.0. The van der Waals surface area contributed by atoms with Crippen LogP contribution in [0.5, 0.6) is 0 Å². The van der Waals surface area contributed by atoms with E-state index in [1.54, 1.807) is 47.4 Å². The monoisotopic (exact) mass is 684 g/mol. The van der Waals surface area contributed by atoms with E-state index in [1.165, 1.54) is 15.7 Å². The Balaban J connectivity index is 1.39. The molecular formula is C36H27Cl3N4O2S. The van der Waals surface area contributed by atoms with Gasteiger partial charge in [0.15, 0.2) is 5.57 Å². The normalized spacial score (nSPS) is 14.8. The Morgan fingerprint density at radius 3 is 1.98 bits per heavy atom. The number of halogens is 3. The number of aromatic nitrogens is 1. The number of benzene rings is 4. The van der Waals surface area contributed by atoms with Gasteiger partial charge in [-0.15, -0.1) is 11.3 Å². The van der Waals surface area contributed by atoms with Gasteiger partial charge in [-0.05, 0) is 47.0 Å². The molecule has 0 spiro atoms. The number of hydrogen-bond acceptors (Lipinski definition) is 5. The second kappa shape index (κ2) is 14.1. The summed E-state index contributed by atoms with van der Waals surface area (Å²) in [4.78, 5) is 32.0. The zero-order valence-corrected chi connectivity index (χ0v) is 27.5. The summed E-state index contributed by atoms with van der Waals surface area (Å²) in [5.74, 6) is -0.433. The Kier molecular flexibility index (Phi) is 9.74. The van der Waals surface area contributed by atoms with E-state index in [0.29, 0.717) is 52.0 Å². The zero-order valence-electron chi connectivity index (χ0n) is 24.4. The summed E-state index contributed by atoms with van der Waals surface area (Å²) in [7, 11) is 0. The van der Waals surface area contributed by atoms with E-state index >= 15 is 0 Å². The minimum atomic E-state index is -0.433. The van der Waals surface area contributed by atoms with E-state index in [9.17, 15) is 14.9 Å². The Labute approximate surface area is 285 Å². The molecule has 10 heteroatoms. The van der Waals surface area contributed by atoms with Crippen LogP contribution in [-0.4, -0.2) is 46.5 Å². The zero-order chi connectivity index (χ0) is 32.2. The average molecular weight is 686 g/mol. The summed E-state index contributed by atoms with van der Waals surface area (Å²) in [6, 6.07) is 34.7. The SMILES string of the molecule is N#C/C(C(=O)N1CCN(C(c2ccccc2)c2ccccc2)CC1)=c1/s/c(=C\c2ccccc2Cl)c(=O)n1-c1ccc(Cl)c(Cl)c1. The molecule has 6 rings (SSSR count). The van der Waals surface area contributed by atoms with Gasteiger partial charge in [-0.2, -0.15) is 5.26 Å². The average Bonchev–Trinajstić information content (AvgIpc) is 3.40. The van der Waals surface area contributed by atoms with Gasteiger partial charge in [-0.1, -0.05) is 114 Å². The highest BCUT2D eigenvalue weighted by Crippen LogP contribution is 2.30. The predicted octanol–water partition coefficient (Wildman–Crippen LogP) is 6.30. The lowest BCUT2D eigenvalue weighted by atomic mass is 9.96. The van der Waals surface area contributed by atoms with Gasteiger partial charge in [0.1, 0.15) is 10.7 Å². The molecule has 0 N–H and O–H groups in total. The molecule has 5 aromatic rings. The van der Waals surface area contributed by atoms with Crippen LogP contribution >= 0.6 is 46.1 Å². The molecule has 1 saturated heterocycles. The highest BCUT2D eigenvalue weighted by atomic mass is 35.5. The Bertz CT molecular complexity index is 2080. The van der Waals surface area contributed by atoms with Gasteiger partial charge in [0.2, 0.25) is 0 Å². The van der Waals surface area contributed by atoms with Crippen molar-refractivity contribution in [2.24, 2.45) is 0 Å². The molecule has 1 amide bonds. The van der Waals surface area contributed by atoms with Crippen LogP contribution in [0.4, 0.5) is 0 Å². The molecule has 6 nitrogen and oxygen atoms in total. The highest BCUT2D eigenvalue weighted by Gasteiger charge is 2.30. The fourth-order valence-electron chi connectivity index (χ4n) is 5.66. The van der Waals surface area contributed by atoms with Gasteiger partial charge in [0.25, 0.3) is 11.5 Å². The fourth-order valence-corrected chi connectivity index (χ4v) is 7.23. The van der Waals surface area contributed by atoms with Gasteiger partial charge in [-0.25, -0.2) is 0 Å². The van der Waals surface area contributed by atoms with Crippen molar-refractivity contribution in [1.29, 1.82) is 5.26 Å². The lowest BCUT2D eigenvalue weighted by molar-refractivity contribution is -0.126. The third kappa shape index (κ3) is 6.54. The van der Waals surface area contributed by atoms with Crippen molar-refractivity contribution in [3.05, 3.63) is 154 Å². The topological polar surface area (TPSA) is 69.3 Å². The molecule has 1 fully saturated rings. The largest absolute Gasteiger partial charge is 0.335 e. The van der Waals surface area contributed by atoms with Crippen LogP contribution < -0.4 is 14.8 Å². The molecule has 0 saturated carbocycles. The molecule has 4 aromatic carbocycles. The van der Waals surface area contributed by atoms with Crippen molar-refractivity contribution in [2.75, 3.05) is 26.2 Å². The van der Waals surface area contributed by atoms with Crippen LogP contribution in [0, 0.1) is 11.3 Å². The number of carbonyl (C=O) groups is 1. The summed E-state index contributed by atoms with van der Waals surface area (Å²) >= 11 is 20.0. The van der Waals surface area contributed by atoms with Gasteiger partial charge < -0.3 is 4.90 Å². The van der Waals surface area contributed by atoms with Crippen molar-refractivity contribution in [2.45, 2.75) is 6.04 Å².